The van der Waals surface area contributed by atoms with Gasteiger partial charge in [0, 0.05) is 18.7 Å². The Bertz CT molecular complexity index is 780. The first-order valence-electron chi connectivity index (χ1n) is 8.03. The van der Waals surface area contributed by atoms with Gasteiger partial charge in [0.15, 0.2) is 0 Å². The van der Waals surface area contributed by atoms with Crippen LogP contribution in [0.4, 0.5) is 0 Å². The summed E-state index contributed by atoms with van der Waals surface area (Å²) in [4.78, 5) is 25.6. The van der Waals surface area contributed by atoms with Crippen LogP contribution in [0.5, 0.6) is 5.75 Å². The number of aryl methyl sites for hydroxylation is 1. The number of methoxy groups -OCH3 is 1. The van der Waals surface area contributed by atoms with Crippen molar-refractivity contribution in [2.45, 2.75) is 32.1 Å². The molecule has 0 radical (unpaired) electrons. The van der Waals surface area contributed by atoms with E-state index in [4.69, 9.17) is 9.15 Å². The first-order chi connectivity index (χ1) is 11.6. The van der Waals surface area contributed by atoms with Gasteiger partial charge in [-0.1, -0.05) is 17.7 Å². The van der Waals surface area contributed by atoms with Crippen molar-refractivity contribution in [1.29, 1.82) is 0 Å². The summed E-state index contributed by atoms with van der Waals surface area (Å²) < 4.78 is 10.4. The lowest BCUT2D eigenvalue weighted by Crippen LogP contribution is -2.40. The molecule has 7 heteroatoms. The van der Waals surface area contributed by atoms with Gasteiger partial charge in [0.1, 0.15) is 5.75 Å². The van der Waals surface area contributed by atoms with Crippen molar-refractivity contribution in [3.05, 3.63) is 45.8 Å². The Hall–Kier alpha value is -2.57. The Morgan fingerprint density at radius 3 is 3.04 bits per heavy atom. The van der Waals surface area contributed by atoms with E-state index >= 15 is 0 Å². The second-order valence-electron chi connectivity index (χ2n) is 6.12. The van der Waals surface area contributed by atoms with Crippen LogP contribution < -0.4 is 10.5 Å². The molecule has 2 aromatic rings. The molecule has 128 valence electrons. The van der Waals surface area contributed by atoms with Crippen molar-refractivity contribution < 1.29 is 13.9 Å². The maximum atomic E-state index is 12.7. The Balaban J connectivity index is 1.71. The highest BCUT2D eigenvalue weighted by atomic mass is 16.5. The molecule has 1 fully saturated rings. The van der Waals surface area contributed by atoms with Crippen LogP contribution in [-0.4, -0.2) is 41.2 Å². The largest absolute Gasteiger partial charge is 0.496 e. The Morgan fingerprint density at radius 2 is 2.33 bits per heavy atom. The number of benzene rings is 1. The van der Waals surface area contributed by atoms with Gasteiger partial charge in [0.2, 0.25) is 11.8 Å². The van der Waals surface area contributed by atoms with Crippen molar-refractivity contribution in [3.63, 3.8) is 0 Å². The molecule has 1 amide bonds. The summed E-state index contributed by atoms with van der Waals surface area (Å²) in [5.74, 6) is 0.548. The molecule has 0 bridgehead atoms. The zero-order chi connectivity index (χ0) is 17.1. The minimum atomic E-state index is -0.557. The smallest absolute Gasteiger partial charge is 0.434 e. The van der Waals surface area contributed by atoms with Gasteiger partial charge in [-0.05, 0) is 25.8 Å². The molecule has 0 spiro atoms. The molecule has 1 aromatic heterocycles. The minimum absolute atomic E-state index is 0.0407. The third-order valence-corrected chi connectivity index (χ3v) is 4.36. The van der Waals surface area contributed by atoms with Gasteiger partial charge < -0.3 is 14.1 Å². The Kier molecular flexibility index (Phi) is 4.69. The van der Waals surface area contributed by atoms with Crippen LogP contribution in [-0.2, 0) is 11.2 Å². The van der Waals surface area contributed by atoms with E-state index < -0.39 is 5.76 Å². The van der Waals surface area contributed by atoms with Crippen molar-refractivity contribution in [1.82, 2.24) is 15.1 Å². The molecule has 0 saturated carbocycles. The van der Waals surface area contributed by atoms with E-state index in [2.05, 4.69) is 10.2 Å². The first-order valence-corrected chi connectivity index (χ1v) is 8.03. The number of rotatable bonds is 4. The fourth-order valence-corrected chi connectivity index (χ4v) is 3.14. The van der Waals surface area contributed by atoms with Gasteiger partial charge in [-0.2, -0.15) is 0 Å². The molecular formula is C17H21N3O4. The van der Waals surface area contributed by atoms with Crippen LogP contribution >= 0.6 is 0 Å². The molecule has 7 nitrogen and oxygen atoms in total. The molecule has 1 aliphatic rings. The lowest BCUT2D eigenvalue weighted by atomic mass is 9.97. The molecule has 1 unspecified atom stereocenters. The number of hydrogen-bond donors (Lipinski definition) is 1. The van der Waals surface area contributed by atoms with Crippen molar-refractivity contribution >= 4 is 5.91 Å². The Morgan fingerprint density at radius 1 is 1.50 bits per heavy atom. The number of piperidine rings is 1. The molecule has 1 aromatic carbocycles. The maximum absolute atomic E-state index is 12.7. The number of carbonyl (C=O) groups is 1. The van der Waals surface area contributed by atoms with Crippen LogP contribution in [0.15, 0.2) is 27.4 Å². The van der Waals surface area contributed by atoms with Crippen LogP contribution in [0.25, 0.3) is 0 Å². The average Bonchev–Trinajstić information content (AvgIpc) is 3.02. The fraction of sp³-hybridized carbons (Fsp3) is 0.471. The van der Waals surface area contributed by atoms with E-state index in [1.807, 2.05) is 30.0 Å². The van der Waals surface area contributed by atoms with E-state index in [-0.39, 0.29) is 11.8 Å². The Labute approximate surface area is 139 Å². The number of carbonyl (C=O) groups excluding carboxylic acids is 1. The second-order valence-corrected chi connectivity index (χ2v) is 6.12. The van der Waals surface area contributed by atoms with Crippen molar-refractivity contribution in [2.75, 3.05) is 20.2 Å². The number of likely N-dealkylation sites (tertiary alicyclic amines) is 1. The van der Waals surface area contributed by atoms with Crippen LogP contribution in [0, 0.1) is 6.92 Å². The molecule has 0 aliphatic carbocycles. The van der Waals surface area contributed by atoms with Crippen LogP contribution in [0.1, 0.15) is 35.8 Å². The van der Waals surface area contributed by atoms with E-state index in [9.17, 15) is 9.59 Å². The van der Waals surface area contributed by atoms with Gasteiger partial charge in [-0.3, -0.25) is 4.79 Å². The molecule has 1 atom stereocenters. The van der Waals surface area contributed by atoms with E-state index in [1.165, 1.54) is 0 Å². The summed E-state index contributed by atoms with van der Waals surface area (Å²) in [6, 6.07) is 5.82. The zero-order valence-electron chi connectivity index (χ0n) is 13.9. The summed E-state index contributed by atoms with van der Waals surface area (Å²) in [6.45, 7) is 3.21. The fourth-order valence-electron chi connectivity index (χ4n) is 3.14. The van der Waals surface area contributed by atoms with Gasteiger partial charge in [0.05, 0.1) is 19.4 Å². The number of nitrogens with zero attached hydrogens (tertiary/aromatic N) is 2. The standard InChI is InChI=1S/C17H21N3O4/c1-11-5-6-14(23-2)13(8-11)9-15(21)20-7-3-4-12(10-20)16-18-19-17(22)24-16/h5-6,8,12H,3-4,7,9-10H2,1-2H3,(H,19,22). The molecule has 1 N–H and O–H groups in total. The van der Waals surface area contributed by atoms with Crippen molar-refractivity contribution in [3.8, 4) is 5.75 Å². The number of hydrogen-bond acceptors (Lipinski definition) is 5. The van der Waals surface area contributed by atoms with Gasteiger partial charge in [0.25, 0.3) is 0 Å². The van der Waals surface area contributed by atoms with Gasteiger partial charge in [-0.15, -0.1) is 5.10 Å². The number of nitrogens with one attached hydrogen (secondary N) is 1. The highest BCUT2D eigenvalue weighted by Crippen LogP contribution is 2.26. The lowest BCUT2D eigenvalue weighted by Gasteiger charge is -2.31. The summed E-state index contributed by atoms with van der Waals surface area (Å²) in [5, 5.41) is 6.17. The summed E-state index contributed by atoms with van der Waals surface area (Å²) >= 11 is 0. The summed E-state index contributed by atoms with van der Waals surface area (Å²) in [6.07, 6.45) is 2.01. The summed E-state index contributed by atoms with van der Waals surface area (Å²) in [5.41, 5.74) is 1.98. The van der Waals surface area contributed by atoms with Gasteiger partial charge in [-0.25, -0.2) is 9.89 Å². The predicted molar refractivity (Wildman–Crippen MR) is 87.1 cm³/mol. The monoisotopic (exact) mass is 331 g/mol. The second kappa shape index (κ2) is 6.90. The number of aromatic amines is 1. The highest BCUT2D eigenvalue weighted by molar-refractivity contribution is 5.79. The number of ether oxygens (including phenoxy) is 1. The molecule has 3 rings (SSSR count). The lowest BCUT2D eigenvalue weighted by molar-refractivity contribution is -0.131. The predicted octanol–water partition coefficient (Wildman–Crippen LogP) is 1.63. The molecule has 1 aliphatic heterocycles. The van der Waals surface area contributed by atoms with E-state index in [0.29, 0.717) is 25.4 Å². The quantitative estimate of drug-likeness (QED) is 0.920. The number of H-pyrrole nitrogens is 1. The van der Waals surface area contributed by atoms with Crippen molar-refractivity contribution in [2.24, 2.45) is 0 Å². The van der Waals surface area contributed by atoms with Gasteiger partial charge >= 0.3 is 5.76 Å². The SMILES string of the molecule is COc1ccc(C)cc1CC(=O)N1CCCC(c2n[nH]c(=O)o2)C1. The summed E-state index contributed by atoms with van der Waals surface area (Å²) in [7, 11) is 1.61. The molecule has 1 saturated heterocycles. The molecule has 2 heterocycles. The van der Waals surface area contributed by atoms with Crippen LogP contribution in [0.3, 0.4) is 0 Å². The zero-order valence-corrected chi connectivity index (χ0v) is 13.9. The first kappa shape index (κ1) is 16.3. The normalized spacial score (nSPS) is 17.8. The molecule has 24 heavy (non-hydrogen) atoms. The third kappa shape index (κ3) is 3.50. The van der Waals surface area contributed by atoms with Crippen LogP contribution in [0.2, 0.25) is 0 Å². The minimum Gasteiger partial charge on any atom is -0.496 e. The average molecular weight is 331 g/mol. The molecular weight excluding hydrogens is 310 g/mol. The topological polar surface area (TPSA) is 88.4 Å². The number of amides is 1. The number of aromatic nitrogens is 2. The highest BCUT2D eigenvalue weighted by Gasteiger charge is 2.28. The van der Waals surface area contributed by atoms with E-state index in [0.717, 1.165) is 29.7 Å². The third-order valence-electron chi connectivity index (χ3n) is 4.36. The maximum Gasteiger partial charge on any atom is 0.434 e. The van der Waals surface area contributed by atoms with E-state index in [1.54, 1.807) is 7.11 Å².